The summed E-state index contributed by atoms with van der Waals surface area (Å²) in [7, 11) is 0. The van der Waals surface area contributed by atoms with Gasteiger partial charge in [-0.05, 0) is 43.3 Å². The van der Waals surface area contributed by atoms with Gasteiger partial charge in [0.2, 0.25) is 6.36 Å². The van der Waals surface area contributed by atoms with Crippen LogP contribution in [0.3, 0.4) is 0 Å². The third kappa shape index (κ3) is 5.73. The molecule has 1 aliphatic rings. The lowest BCUT2D eigenvalue weighted by molar-refractivity contribution is -0.251. The van der Waals surface area contributed by atoms with Crippen molar-refractivity contribution in [3.63, 3.8) is 0 Å². The maximum Gasteiger partial charge on any atom is 0.338 e. The second-order valence-electron chi connectivity index (χ2n) is 7.90. The van der Waals surface area contributed by atoms with E-state index in [9.17, 15) is 14.4 Å². The highest BCUT2D eigenvalue weighted by atomic mass is 19.1. The number of ether oxygens (including phenoxy) is 4. The molecule has 1 fully saturated rings. The van der Waals surface area contributed by atoms with Crippen molar-refractivity contribution in [2.24, 2.45) is 0 Å². The standard InChI is InChI=1S/C27H23FO7/c1-17-21(33-25(29)18-11-5-2-6-12-18)22(34-26(30)19-13-7-3-8-14-19)23(24(28)32-17)35-27(31)20-15-9-4-10-16-20/h2-17,21-24H,1H3/t17?,21-,22?,23?,24-/m1/s1. The lowest BCUT2D eigenvalue weighted by Crippen LogP contribution is -2.59. The fourth-order valence-corrected chi connectivity index (χ4v) is 3.68. The highest BCUT2D eigenvalue weighted by Crippen LogP contribution is 2.30. The van der Waals surface area contributed by atoms with Crippen LogP contribution in [-0.2, 0) is 18.9 Å². The molecule has 7 nitrogen and oxygen atoms in total. The van der Waals surface area contributed by atoms with Crippen LogP contribution in [0.1, 0.15) is 38.0 Å². The van der Waals surface area contributed by atoms with Gasteiger partial charge in [0.25, 0.3) is 0 Å². The highest BCUT2D eigenvalue weighted by Gasteiger charge is 2.51. The first-order valence-corrected chi connectivity index (χ1v) is 11.0. The molecular formula is C27H23FO7. The number of carbonyl (C=O) groups excluding carboxylic acids is 3. The molecule has 0 bridgehead atoms. The normalized spacial score (nSPS) is 23.7. The van der Waals surface area contributed by atoms with E-state index in [0.29, 0.717) is 0 Å². The topological polar surface area (TPSA) is 88.1 Å². The smallest absolute Gasteiger partial charge is 0.338 e. The summed E-state index contributed by atoms with van der Waals surface area (Å²) in [4.78, 5) is 38.3. The molecule has 0 spiro atoms. The maximum absolute atomic E-state index is 15.1. The van der Waals surface area contributed by atoms with Crippen LogP contribution in [0.2, 0.25) is 0 Å². The Bertz CT molecular complexity index is 1090. The molecule has 180 valence electrons. The fraction of sp³-hybridized carbons (Fsp3) is 0.222. The lowest BCUT2D eigenvalue weighted by atomic mass is 9.99. The van der Waals surface area contributed by atoms with E-state index in [4.69, 9.17) is 18.9 Å². The van der Waals surface area contributed by atoms with Crippen molar-refractivity contribution in [2.45, 2.75) is 37.7 Å². The number of hydrogen-bond donors (Lipinski definition) is 0. The summed E-state index contributed by atoms with van der Waals surface area (Å²) in [5, 5.41) is 0. The van der Waals surface area contributed by atoms with Crippen LogP contribution in [0, 0.1) is 0 Å². The molecule has 3 aromatic rings. The van der Waals surface area contributed by atoms with Crippen molar-refractivity contribution in [3.05, 3.63) is 108 Å². The maximum atomic E-state index is 15.1. The van der Waals surface area contributed by atoms with Gasteiger partial charge in [0.1, 0.15) is 0 Å². The number of halogens is 1. The molecule has 5 atom stereocenters. The van der Waals surface area contributed by atoms with E-state index >= 15 is 4.39 Å². The highest BCUT2D eigenvalue weighted by molar-refractivity contribution is 5.91. The van der Waals surface area contributed by atoms with Crippen molar-refractivity contribution in [3.8, 4) is 0 Å². The largest absolute Gasteiger partial charge is 0.452 e. The molecule has 3 unspecified atom stereocenters. The lowest BCUT2D eigenvalue weighted by Gasteiger charge is -2.41. The molecule has 0 aliphatic carbocycles. The van der Waals surface area contributed by atoms with Gasteiger partial charge in [-0.15, -0.1) is 0 Å². The SMILES string of the molecule is CC1O[C@@H](F)C(OC(=O)c2ccccc2)C(OC(=O)c2ccccc2)[C@@H]1OC(=O)c1ccccc1. The van der Waals surface area contributed by atoms with Crippen molar-refractivity contribution in [2.75, 3.05) is 0 Å². The van der Waals surface area contributed by atoms with Crippen LogP contribution in [0.5, 0.6) is 0 Å². The zero-order valence-corrected chi connectivity index (χ0v) is 18.8. The third-order valence-corrected chi connectivity index (χ3v) is 5.47. The molecule has 1 saturated heterocycles. The zero-order valence-electron chi connectivity index (χ0n) is 18.8. The van der Waals surface area contributed by atoms with Crippen LogP contribution in [0.25, 0.3) is 0 Å². The average molecular weight is 478 g/mol. The van der Waals surface area contributed by atoms with Gasteiger partial charge in [-0.25, -0.2) is 18.8 Å². The summed E-state index contributed by atoms with van der Waals surface area (Å²) in [6.45, 7) is 1.48. The van der Waals surface area contributed by atoms with Crippen molar-refractivity contribution >= 4 is 17.9 Å². The quantitative estimate of drug-likeness (QED) is 0.384. The van der Waals surface area contributed by atoms with Gasteiger partial charge in [0.15, 0.2) is 18.3 Å². The summed E-state index contributed by atoms with van der Waals surface area (Å²) in [6.07, 6.45) is -7.53. The molecule has 1 heterocycles. The van der Waals surface area contributed by atoms with Crippen LogP contribution >= 0.6 is 0 Å². The second kappa shape index (κ2) is 10.9. The molecular weight excluding hydrogens is 455 g/mol. The predicted molar refractivity (Wildman–Crippen MR) is 122 cm³/mol. The molecule has 0 amide bonds. The Balaban J connectivity index is 1.63. The average Bonchev–Trinajstić information content (AvgIpc) is 2.89. The number of benzene rings is 3. The third-order valence-electron chi connectivity index (χ3n) is 5.47. The van der Waals surface area contributed by atoms with Crippen LogP contribution in [0.4, 0.5) is 4.39 Å². The number of esters is 3. The van der Waals surface area contributed by atoms with E-state index in [1.54, 1.807) is 66.7 Å². The summed E-state index contributed by atoms with van der Waals surface area (Å²) in [6, 6.07) is 24.2. The minimum Gasteiger partial charge on any atom is -0.452 e. The number of hydrogen-bond acceptors (Lipinski definition) is 7. The Labute approximate surface area is 201 Å². The summed E-state index contributed by atoms with van der Waals surface area (Å²) in [5.41, 5.74) is 0.612. The number of carbonyl (C=O) groups is 3. The molecule has 3 aromatic carbocycles. The first-order valence-electron chi connectivity index (χ1n) is 11.0. The summed E-state index contributed by atoms with van der Waals surface area (Å²) < 4.78 is 37.0. The van der Waals surface area contributed by atoms with Gasteiger partial charge < -0.3 is 18.9 Å². The predicted octanol–water partition coefficient (Wildman–Crippen LogP) is 4.38. The first kappa shape index (κ1) is 24.1. The fourth-order valence-electron chi connectivity index (χ4n) is 3.68. The van der Waals surface area contributed by atoms with E-state index in [0.717, 1.165) is 0 Å². The van der Waals surface area contributed by atoms with Gasteiger partial charge >= 0.3 is 17.9 Å². The van der Waals surface area contributed by atoms with Crippen LogP contribution in [-0.4, -0.2) is 48.7 Å². The Hall–Kier alpha value is -4.04. The molecule has 0 saturated carbocycles. The van der Waals surface area contributed by atoms with E-state index in [2.05, 4.69) is 0 Å². The molecule has 0 radical (unpaired) electrons. The molecule has 0 N–H and O–H groups in total. The van der Waals surface area contributed by atoms with Crippen molar-refractivity contribution in [1.29, 1.82) is 0 Å². The Kier molecular flexibility index (Phi) is 7.52. The molecule has 0 aromatic heterocycles. The molecule has 4 rings (SSSR count). The molecule has 35 heavy (non-hydrogen) atoms. The number of alkyl halides is 1. The Morgan fingerprint density at radius 1 is 0.600 bits per heavy atom. The van der Waals surface area contributed by atoms with Gasteiger partial charge in [-0.1, -0.05) is 54.6 Å². The van der Waals surface area contributed by atoms with Gasteiger partial charge in [-0.2, -0.15) is 0 Å². The summed E-state index contributed by atoms with van der Waals surface area (Å²) in [5.74, 6) is -2.36. The van der Waals surface area contributed by atoms with Gasteiger partial charge in [-0.3, -0.25) is 0 Å². The van der Waals surface area contributed by atoms with E-state index in [1.807, 2.05) is 0 Å². The minimum absolute atomic E-state index is 0.171. The molecule has 1 aliphatic heterocycles. The molecule has 8 heteroatoms. The Morgan fingerprint density at radius 3 is 1.34 bits per heavy atom. The van der Waals surface area contributed by atoms with Gasteiger partial charge in [0.05, 0.1) is 22.8 Å². The minimum atomic E-state index is -2.13. The first-order chi connectivity index (χ1) is 16.9. The van der Waals surface area contributed by atoms with Crippen molar-refractivity contribution in [1.82, 2.24) is 0 Å². The Morgan fingerprint density at radius 2 is 0.943 bits per heavy atom. The van der Waals surface area contributed by atoms with Crippen LogP contribution in [0.15, 0.2) is 91.0 Å². The van der Waals surface area contributed by atoms with E-state index < -0.39 is 48.7 Å². The second-order valence-corrected chi connectivity index (χ2v) is 7.90. The van der Waals surface area contributed by atoms with Crippen LogP contribution < -0.4 is 0 Å². The van der Waals surface area contributed by atoms with E-state index in [1.165, 1.54) is 31.2 Å². The monoisotopic (exact) mass is 478 g/mol. The number of rotatable bonds is 6. The van der Waals surface area contributed by atoms with E-state index in [-0.39, 0.29) is 16.7 Å². The van der Waals surface area contributed by atoms with Gasteiger partial charge in [0, 0.05) is 0 Å². The summed E-state index contributed by atoms with van der Waals surface area (Å²) >= 11 is 0. The zero-order chi connectivity index (χ0) is 24.8. The van der Waals surface area contributed by atoms with Crippen molar-refractivity contribution < 1.29 is 37.7 Å².